The summed E-state index contributed by atoms with van der Waals surface area (Å²) in [4.78, 5) is 5.86. The molecule has 0 bridgehead atoms. The topological polar surface area (TPSA) is 32.5 Å². The highest BCUT2D eigenvalue weighted by atomic mass is 32.1. The number of thiocarbonyl (C=S) groups is 1. The zero-order valence-corrected chi connectivity index (χ0v) is 11.8. The van der Waals surface area contributed by atoms with Crippen LogP contribution in [0.2, 0.25) is 0 Å². The molecule has 0 amide bonds. The molecule has 2 aliphatic rings. The number of rotatable bonds is 4. The number of hydrogen-bond acceptors (Lipinski definition) is 3. The second-order valence-electron chi connectivity index (χ2n) is 5.82. The molecule has 4 heteroatoms. The molecule has 2 N–H and O–H groups in total. The monoisotopic (exact) mass is 255 g/mol. The van der Waals surface area contributed by atoms with Crippen LogP contribution in [-0.4, -0.2) is 54.1 Å². The van der Waals surface area contributed by atoms with Gasteiger partial charge in [-0.15, -0.1) is 0 Å². The first-order chi connectivity index (χ1) is 8.10. The minimum absolute atomic E-state index is 0.111. The molecule has 0 radical (unpaired) electrons. The highest BCUT2D eigenvalue weighted by Crippen LogP contribution is 2.30. The normalized spacial score (nSPS) is 26.2. The van der Waals surface area contributed by atoms with Gasteiger partial charge in [-0.2, -0.15) is 0 Å². The van der Waals surface area contributed by atoms with Crippen molar-refractivity contribution in [2.75, 3.05) is 39.3 Å². The van der Waals surface area contributed by atoms with Gasteiger partial charge >= 0.3 is 0 Å². The maximum atomic E-state index is 5.83. The summed E-state index contributed by atoms with van der Waals surface area (Å²) < 4.78 is 0. The largest absolute Gasteiger partial charge is 0.393 e. The highest BCUT2D eigenvalue weighted by Gasteiger charge is 2.32. The van der Waals surface area contributed by atoms with Crippen LogP contribution in [0.15, 0.2) is 0 Å². The van der Waals surface area contributed by atoms with Gasteiger partial charge in [0.2, 0.25) is 0 Å². The summed E-state index contributed by atoms with van der Waals surface area (Å²) in [6, 6.07) is 0. The summed E-state index contributed by atoms with van der Waals surface area (Å²) >= 11 is 5.17. The smallest absolute Gasteiger partial charge is 0.0788 e. The van der Waals surface area contributed by atoms with Crippen molar-refractivity contribution in [3.05, 3.63) is 0 Å². The predicted molar refractivity (Wildman–Crippen MR) is 76.2 cm³/mol. The minimum atomic E-state index is 0.111. The molecule has 2 heterocycles. The Kier molecular flexibility index (Phi) is 4.39. The third-order valence-electron chi connectivity index (χ3n) is 4.49. The number of likely N-dealkylation sites (tertiary alicyclic amines) is 2. The second kappa shape index (κ2) is 5.63. The second-order valence-corrected chi connectivity index (χ2v) is 6.26. The van der Waals surface area contributed by atoms with E-state index in [0.717, 1.165) is 25.9 Å². The maximum absolute atomic E-state index is 5.83. The van der Waals surface area contributed by atoms with Crippen LogP contribution in [0.25, 0.3) is 0 Å². The highest BCUT2D eigenvalue weighted by molar-refractivity contribution is 7.80. The molecule has 98 valence electrons. The van der Waals surface area contributed by atoms with Crippen LogP contribution in [0, 0.1) is 5.41 Å². The molecular weight excluding hydrogens is 230 g/mol. The Balaban J connectivity index is 1.70. The van der Waals surface area contributed by atoms with E-state index in [1.54, 1.807) is 0 Å². The van der Waals surface area contributed by atoms with Gasteiger partial charge < -0.3 is 15.5 Å². The van der Waals surface area contributed by atoms with Crippen LogP contribution in [0.5, 0.6) is 0 Å². The third kappa shape index (κ3) is 3.39. The molecule has 3 nitrogen and oxygen atoms in total. The lowest BCUT2D eigenvalue weighted by Gasteiger charge is -2.39. The van der Waals surface area contributed by atoms with E-state index in [2.05, 4.69) is 16.7 Å². The van der Waals surface area contributed by atoms with Gasteiger partial charge in [-0.3, -0.25) is 0 Å². The number of piperidine rings is 1. The number of nitrogens with two attached hydrogens (primary N) is 1. The number of nitrogens with zero attached hydrogens (tertiary/aromatic N) is 2. The summed E-state index contributed by atoms with van der Waals surface area (Å²) in [5.41, 5.74) is 5.94. The van der Waals surface area contributed by atoms with Gasteiger partial charge in [-0.25, -0.2) is 0 Å². The molecule has 0 aliphatic carbocycles. The van der Waals surface area contributed by atoms with Gasteiger partial charge in [0.25, 0.3) is 0 Å². The van der Waals surface area contributed by atoms with E-state index in [0.29, 0.717) is 4.99 Å². The molecule has 0 aromatic carbocycles. The van der Waals surface area contributed by atoms with Crippen LogP contribution in [-0.2, 0) is 0 Å². The maximum Gasteiger partial charge on any atom is 0.0788 e. The Morgan fingerprint density at radius 2 is 1.53 bits per heavy atom. The Labute approximate surface area is 110 Å². The summed E-state index contributed by atoms with van der Waals surface area (Å²) in [5.74, 6) is 0. The summed E-state index contributed by atoms with van der Waals surface area (Å²) in [7, 11) is 0. The van der Waals surface area contributed by atoms with Crippen LogP contribution in [0.4, 0.5) is 0 Å². The number of hydrogen-bond donors (Lipinski definition) is 1. The average Bonchev–Trinajstić information content (AvgIpc) is 2.81. The van der Waals surface area contributed by atoms with E-state index >= 15 is 0 Å². The molecule has 0 aromatic heterocycles. The zero-order valence-electron chi connectivity index (χ0n) is 11.0. The first-order valence-corrected chi connectivity index (χ1v) is 7.26. The summed E-state index contributed by atoms with van der Waals surface area (Å²) in [6.45, 7) is 9.59. The first-order valence-electron chi connectivity index (χ1n) is 6.85. The van der Waals surface area contributed by atoms with E-state index < -0.39 is 0 Å². The third-order valence-corrected chi connectivity index (χ3v) is 4.98. The fourth-order valence-corrected chi connectivity index (χ4v) is 3.01. The Morgan fingerprint density at radius 1 is 1.06 bits per heavy atom. The fourth-order valence-electron chi connectivity index (χ4n) is 2.81. The van der Waals surface area contributed by atoms with Gasteiger partial charge in [-0.1, -0.05) is 19.1 Å². The van der Waals surface area contributed by atoms with Gasteiger partial charge in [-0.05, 0) is 51.9 Å². The molecule has 2 rings (SSSR count). The summed E-state index contributed by atoms with van der Waals surface area (Å²) in [5, 5.41) is 0. The molecule has 2 aliphatic heterocycles. The predicted octanol–water partition coefficient (Wildman–Crippen LogP) is 1.47. The molecule has 0 saturated carbocycles. The molecule has 2 fully saturated rings. The SMILES string of the molecule is CC1(C(N)=S)CCN(CCN2CCCC2)CC1. The lowest BCUT2D eigenvalue weighted by Crippen LogP contribution is -2.46. The Hall–Kier alpha value is -0.190. The van der Waals surface area contributed by atoms with Gasteiger partial charge in [0, 0.05) is 18.5 Å². The molecule has 2 saturated heterocycles. The van der Waals surface area contributed by atoms with Crippen molar-refractivity contribution in [3.8, 4) is 0 Å². The van der Waals surface area contributed by atoms with E-state index in [-0.39, 0.29) is 5.41 Å². The molecule has 0 atom stereocenters. The average molecular weight is 255 g/mol. The standard InChI is InChI=1S/C13H25N3S/c1-13(12(14)17)4-8-16(9-5-13)11-10-15-6-2-3-7-15/h2-11H2,1H3,(H2,14,17). The zero-order chi connectivity index (χ0) is 12.3. The van der Waals surface area contributed by atoms with Crippen LogP contribution in [0.1, 0.15) is 32.6 Å². The van der Waals surface area contributed by atoms with Crippen molar-refractivity contribution in [1.82, 2.24) is 9.80 Å². The molecule has 0 aromatic rings. The van der Waals surface area contributed by atoms with Crippen molar-refractivity contribution in [3.63, 3.8) is 0 Å². The van der Waals surface area contributed by atoms with Crippen molar-refractivity contribution >= 4 is 17.2 Å². The van der Waals surface area contributed by atoms with Crippen molar-refractivity contribution in [2.24, 2.45) is 11.1 Å². The van der Waals surface area contributed by atoms with Crippen LogP contribution >= 0.6 is 12.2 Å². The molecule has 0 unspecified atom stereocenters. The van der Waals surface area contributed by atoms with Gasteiger partial charge in [0.1, 0.15) is 0 Å². The lowest BCUT2D eigenvalue weighted by molar-refractivity contribution is 0.148. The quantitative estimate of drug-likeness (QED) is 0.771. The summed E-state index contributed by atoms with van der Waals surface area (Å²) in [6.07, 6.45) is 5.03. The Morgan fingerprint density at radius 3 is 2.00 bits per heavy atom. The molecular formula is C13H25N3S. The van der Waals surface area contributed by atoms with Crippen LogP contribution < -0.4 is 5.73 Å². The minimum Gasteiger partial charge on any atom is -0.393 e. The lowest BCUT2D eigenvalue weighted by atomic mass is 9.80. The van der Waals surface area contributed by atoms with Crippen molar-refractivity contribution in [2.45, 2.75) is 32.6 Å². The van der Waals surface area contributed by atoms with E-state index in [4.69, 9.17) is 18.0 Å². The Bertz CT molecular complexity index is 266. The van der Waals surface area contributed by atoms with Crippen molar-refractivity contribution in [1.29, 1.82) is 0 Å². The van der Waals surface area contributed by atoms with Gasteiger partial charge in [0.15, 0.2) is 0 Å². The fraction of sp³-hybridized carbons (Fsp3) is 0.923. The molecule has 17 heavy (non-hydrogen) atoms. The van der Waals surface area contributed by atoms with Crippen molar-refractivity contribution < 1.29 is 0 Å². The first kappa shape index (κ1) is 13.2. The van der Waals surface area contributed by atoms with E-state index in [1.165, 1.54) is 39.0 Å². The van der Waals surface area contributed by atoms with Crippen LogP contribution in [0.3, 0.4) is 0 Å². The van der Waals surface area contributed by atoms with Gasteiger partial charge in [0.05, 0.1) is 4.99 Å². The molecule has 0 spiro atoms. The van der Waals surface area contributed by atoms with E-state index in [9.17, 15) is 0 Å². The van der Waals surface area contributed by atoms with E-state index in [1.807, 2.05) is 0 Å².